The largest absolute Gasteiger partial charge is 0.320 e. The molecule has 0 radical (unpaired) electrons. The molecular formula is C13H8Br2ClF2N. The van der Waals surface area contributed by atoms with Gasteiger partial charge in [0.1, 0.15) is 11.6 Å². The highest BCUT2D eigenvalue weighted by Crippen LogP contribution is 2.30. The molecule has 0 spiro atoms. The first-order valence-corrected chi connectivity index (χ1v) is 7.21. The SMILES string of the molecule is NC(c1cc(Cl)cc(Br)c1)c1cc(F)c(Br)cc1F. The van der Waals surface area contributed by atoms with E-state index in [1.54, 1.807) is 18.2 Å². The van der Waals surface area contributed by atoms with Crippen molar-refractivity contribution in [1.82, 2.24) is 0 Å². The monoisotopic (exact) mass is 409 g/mol. The second kappa shape index (κ2) is 5.87. The minimum Gasteiger partial charge on any atom is -0.320 e. The van der Waals surface area contributed by atoms with Gasteiger partial charge in [-0.05, 0) is 51.8 Å². The maximum atomic E-state index is 13.8. The van der Waals surface area contributed by atoms with Crippen LogP contribution in [0.25, 0.3) is 0 Å². The molecule has 2 aromatic rings. The highest BCUT2D eigenvalue weighted by molar-refractivity contribution is 9.10. The molecule has 0 heterocycles. The molecule has 0 aliphatic carbocycles. The Labute approximate surface area is 131 Å². The van der Waals surface area contributed by atoms with E-state index in [0.717, 1.165) is 16.6 Å². The summed E-state index contributed by atoms with van der Waals surface area (Å²) < 4.78 is 28.1. The Bertz CT molecular complexity index is 614. The molecule has 1 atom stereocenters. The van der Waals surface area contributed by atoms with Crippen LogP contribution in [0.3, 0.4) is 0 Å². The summed E-state index contributed by atoms with van der Waals surface area (Å²) in [4.78, 5) is 0. The van der Waals surface area contributed by atoms with Crippen LogP contribution in [0.15, 0.2) is 39.3 Å². The number of halogens is 5. The smallest absolute Gasteiger partial charge is 0.137 e. The topological polar surface area (TPSA) is 26.0 Å². The van der Waals surface area contributed by atoms with Crippen LogP contribution < -0.4 is 5.73 Å². The van der Waals surface area contributed by atoms with Crippen molar-refractivity contribution in [2.45, 2.75) is 6.04 Å². The minimum absolute atomic E-state index is 0.0632. The van der Waals surface area contributed by atoms with Crippen LogP contribution in [-0.4, -0.2) is 0 Å². The molecule has 0 aliphatic rings. The van der Waals surface area contributed by atoms with Crippen molar-refractivity contribution in [2.24, 2.45) is 5.73 Å². The third-order valence-electron chi connectivity index (χ3n) is 2.62. The van der Waals surface area contributed by atoms with Gasteiger partial charge in [0.15, 0.2) is 0 Å². The average Bonchev–Trinajstić information content (AvgIpc) is 2.31. The molecule has 2 rings (SSSR count). The van der Waals surface area contributed by atoms with Crippen molar-refractivity contribution in [3.8, 4) is 0 Å². The molecule has 0 aromatic heterocycles. The number of benzene rings is 2. The Morgan fingerprint density at radius 3 is 2.32 bits per heavy atom. The van der Waals surface area contributed by atoms with Gasteiger partial charge in [-0.25, -0.2) is 8.78 Å². The summed E-state index contributed by atoms with van der Waals surface area (Å²) in [6, 6.07) is 6.38. The summed E-state index contributed by atoms with van der Waals surface area (Å²) >= 11 is 12.1. The third kappa shape index (κ3) is 3.34. The lowest BCUT2D eigenvalue weighted by Crippen LogP contribution is -2.14. The number of nitrogens with two attached hydrogens (primary N) is 1. The molecule has 0 amide bonds. The van der Waals surface area contributed by atoms with Gasteiger partial charge in [-0.15, -0.1) is 0 Å². The third-order valence-corrected chi connectivity index (χ3v) is 3.90. The van der Waals surface area contributed by atoms with Crippen molar-refractivity contribution >= 4 is 43.5 Å². The fraction of sp³-hybridized carbons (Fsp3) is 0.0769. The van der Waals surface area contributed by atoms with Crippen molar-refractivity contribution in [2.75, 3.05) is 0 Å². The Morgan fingerprint density at radius 2 is 1.68 bits per heavy atom. The summed E-state index contributed by atoms with van der Waals surface area (Å²) in [7, 11) is 0. The zero-order valence-electron chi connectivity index (χ0n) is 9.43. The number of hydrogen-bond donors (Lipinski definition) is 1. The van der Waals surface area contributed by atoms with Gasteiger partial charge in [0.2, 0.25) is 0 Å². The summed E-state index contributed by atoms with van der Waals surface area (Å²) in [5.74, 6) is -1.13. The number of hydrogen-bond acceptors (Lipinski definition) is 1. The van der Waals surface area contributed by atoms with E-state index in [4.69, 9.17) is 17.3 Å². The highest BCUT2D eigenvalue weighted by atomic mass is 79.9. The molecule has 2 N–H and O–H groups in total. The molecule has 0 aliphatic heterocycles. The van der Waals surface area contributed by atoms with Crippen LogP contribution in [0, 0.1) is 11.6 Å². The first-order valence-electron chi connectivity index (χ1n) is 5.24. The molecule has 1 unspecified atom stereocenters. The predicted octanol–water partition coefficient (Wildman–Crippen LogP) is 5.19. The summed E-state index contributed by atoms with van der Waals surface area (Å²) in [5.41, 5.74) is 6.65. The van der Waals surface area contributed by atoms with E-state index < -0.39 is 17.7 Å². The molecule has 0 bridgehead atoms. The van der Waals surface area contributed by atoms with Gasteiger partial charge in [0.05, 0.1) is 10.5 Å². The Morgan fingerprint density at radius 1 is 1.00 bits per heavy atom. The zero-order valence-corrected chi connectivity index (χ0v) is 13.4. The lowest BCUT2D eigenvalue weighted by Gasteiger charge is -2.15. The van der Waals surface area contributed by atoms with E-state index in [0.29, 0.717) is 10.6 Å². The summed E-state index contributed by atoms with van der Waals surface area (Å²) in [6.07, 6.45) is 0. The Balaban J connectivity index is 2.49. The lowest BCUT2D eigenvalue weighted by molar-refractivity contribution is 0.572. The maximum Gasteiger partial charge on any atom is 0.137 e. The van der Waals surface area contributed by atoms with Gasteiger partial charge in [0, 0.05) is 15.1 Å². The second-order valence-corrected chi connectivity index (χ2v) is 6.17. The first kappa shape index (κ1) is 14.9. The zero-order chi connectivity index (χ0) is 14.2. The van der Waals surface area contributed by atoms with Crippen molar-refractivity contribution in [1.29, 1.82) is 0 Å². The van der Waals surface area contributed by atoms with Gasteiger partial charge in [-0.3, -0.25) is 0 Å². The van der Waals surface area contributed by atoms with E-state index in [1.165, 1.54) is 0 Å². The minimum atomic E-state index is -0.794. The van der Waals surface area contributed by atoms with E-state index in [-0.39, 0.29) is 10.0 Å². The van der Waals surface area contributed by atoms with Gasteiger partial charge in [-0.1, -0.05) is 27.5 Å². The molecule has 0 saturated carbocycles. The van der Waals surface area contributed by atoms with Crippen LogP contribution in [0.1, 0.15) is 17.2 Å². The predicted molar refractivity (Wildman–Crippen MR) is 79.2 cm³/mol. The van der Waals surface area contributed by atoms with E-state index in [2.05, 4.69) is 31.9 Å². The molecule has 19 heavy (non-hydrogen) atoms. The first-order chi connectivity index (χ1) is 8.88. The molecule has 0 saturated heterocycles. The highest BCUT2D eigenvalue weighted by Gasteiger charge is 2.17. The normalized spacial score (nSPS) is 12.5. The fourth-order valence-electron chi connectivity index (χ4n) is 1.71. The molecule has 1 nitrogen and oxygen atoms in total. The second-order valence-electron chi connectivity index (χ2n) is 3.97. The van der Waals surface area contributed by atoms with Crippen molar-refractivity contribution in [3.05, 3.63) is 67.1 Å². The van der Waals surface area contributed by atoms with E-state index >= 15 is 0 Å². The average molecular weight is 411 g/mol. The standard InChI is InChI=1S/C13H8Br2ClF2N/c14-7-1-6(2-8(16)3-7)13(19)9-4-12(18)10(15)5-11(9)17/h1-5,13H,19H2. The molecule has 2 aromatic carbocycles. The van der Waals surface area contributed by atoms with Crippen LogP contribution >= 0.6 is 43.5 Å². The van der Waals surface area contributed by atoms with Gasteiger partial charge in [0.25, 0.3) is 0 Å². The van der Waals surface area contributed by atoms with E-state index in [1.807, 2.05) is 0 Å². The molecule has 0 fully saturated rings. The number of rotatable bonds is 2. The summed E-state index contributed by atoms with van der Waals surface area (Å²) in [6.45, 7) is 0. The molecule has 100 valence electrons. The lowest BCUT2D eigenvalue weighted by atomic mass is 9.99. The van der Waals surface area contributed by atoms with Crippen LogP contribution in [0.4, 0.5) is 8.78 Å². The van der Waals surface area contributed by atoms with Crippen molar-refractivity contribution < 1.29 is 8.78 Å². The maximum absolute atomic E-state index is 13.8. The van der Waals surface area contributed by atoms with Crippen LogP contribution in [-0.2, 0) is 0 Å². The van der Waals surface area contributed by atoms with Gasteiger partial charge < -0.3 is 5.73 Å². The molecular weight excluding hydrogens is 403 g/mol. The van der Waals surface area contributed by atoms with Gasteiger partial charge in [-0.2, -0.15) is 0 Å². The van der Waals surface area contributed by atoms with Gasteiger partial charge >= 0.3 is 0 Å². The summed E-state index contributed by atoms with van der Waals surface area (Å²) in [5, 5.41) is 0.470. The fourth-order valence-corrected chi connectivity index (χ4v) is 2.91. The quantitative estimate of drug-likeness (QED) is 0.676. The van der Waals surface area contributed by atoms with Crippen LogP contribution in [0.2, 0.25) is 5.02 Å². The van der Waals surface area contributed by atoms with Crippen molar-refractivity contribution in [3.63, 3.8) is 0 Å². The van der Waals surface area contributed by atoms with E-state index in [9.17, 15) is 8.78 Å². The molecule has 6 heteroatoms. The Kier molecular flexibility index (Phi) is 4.61. The van der Waals surface area contributed by atoms with Crippen LogP contribution in [0.5, 0.6) is 0 Å². The Hall–Kier alpha value is -0.490.